The van der Waals surface area contributed by atoms with Crippen molar-refractivity contribution in [1.29, 1.82) is 0 Å². The van der Waals surface area contributed by atoms with Crippen LogP contribution in [0.3, 0.4) is 0 Å². The van der Waals surface area contributed by atoms with Gasteiger partial charge in [-0.15, -0.1) is 11.3 Å². The Morgan fingerprint density at radius 3 is 2.88 bits per heavy atom. The van der Waals surface area contributed by atoms with Gasteiger partial charge < -0.3 is 4.90 Å². The number of anilines is 1. The highest BCUT2D eigenvalue weighted by molar-refractivity contribution is 7.09. The summed E-state index contributed by atoms with van der Waals surface area (Å²) < 4.78 is 0. The summed E-state index contributed by atoms with van der Waals surface area (Å²) in [5, 5.41) is 0. The lowest BCUT2D eigenvalue weighted by Crippen LogP contribution is -2.10. The van der Waals surface area contributed by atoms with Crippen molar-refractivity contribution in [2.45, 2.75) is 6.42 Å². The van der Waals surface area contributed by atoms with E-state index in [-0.39, 0.29) is 5.78 Å². The number of nitrogens with zero attached hydrogens (tertiary/aromatic N) is 2. The van der Waals surface area contributed by atoms with E-state index >= 15 is 0 Å². The summed E-state index contributed by atoms with van der Waals surface area (Å²) in [6, 6.07) is 7.68. The van der Waals surface area contributed by atoms with Crippen molar-refractivity contribution in [3.63, 3.8) is 0 Å². The molecule has 0 radical (unpaired) electrons. The van der Waals surface area contributed by atoms with E-state index in [0.29, 0.717) is 6.42 Å². The number of Topliss-reactive ketones (excluding diaryl/α,β-unsaturated/α-hetero) is 1. The maximum Gasteiger partial charge on any atom is 0.168 e. The molecule has 0 N–H and O–H groups in total. The third-order valence-electron chi connectivity index (χ3n) is 2.50. The normalized spacial score (nSPS) is 10.2. The molecular weight excluding hydrogens is 232 g/mol. The zero-order valence-corrected chi connectivity index (χ0v) is 10.7. The molecule has 0 saturated heterocycles. The number of thiazole rings is 1. The van der Waals surface area contributed by atoms with E-state index in [1.165, 1.54) is 11.3 Å². The molecule has 0 aliphatic rings. The Balaban J connectivity index is 2.16. The minimum Gasteiger partial charge on any atom is -0.378 e. The maximum atomic E-state index is 12.0. The fourth-order valence-corrected chi connectivity index (χ4v) is 2.14. The molecule has 0 atom stereocenters. The lowest BCUT2D eigenvalue weighted by molar-refractivity contribution is 0.0994. The number of carbonyl (C=O) groups is 1. The summed E-state index contributed by atoms with van der Waals surface area (Å²) >= 11 is 1.51. The highest BCUT2D eigenvalue weighted by Gasteiger charge is 2.09. The summed E-state index contributed by atoms with van der Waals surface area (Å²) in [5.74, 6) is 0.137. The number of hydrogen-bond donors (Lipinski definition) is 0. The Morgan fingerprint density at radius 2 is 2.24 bits per heavy atom. The highest BCUT2D eigenvalue weighted by atomic mass is 32.1. The van der Waals surface area contributed by atoms with Crippen LogP contribution >= 0.6 is 11.3 Å². The fourth-order valence-electron chi connectivity index (χ4n) is 1.55. The second-order valence-corrected chi connectivity index (χ2v) is 4.98. The number of carbonyl (C=O) groups excluding carboxylic acids is 1. The molecule has 0 spiro atoms. The van der Waals surface area contributed by atoms with Crippen LogP contribution in [0, 0.1) is 0 Å². The first-order valence-electron chi connectivity index (χ1n) is 5.35. The van der Waals surface area contributed by atoms with Crippen LogP contribution in [0.15, 0.2) is 36.0 Å². The molecule has 2 aromatic rings. The summed E-state index contributed by atoms with van der Waals surface area (Å²) in [4.78, 5) is 19.0. The van der Waals surface area contributed by atoms with Gasteiger partial charge in [0.05, 0.1) is 5.51 Å². The van der Waals surface area contributed by atoms with Crippen molar-refractivity contribution < 1.29 is 4.79 Å². The smallest absolute Gasteiger partial charge is 0.168 e. The quantitative estimate of drug-likeness (QED) is 0.778. The predicted molar refractivity (Wildman–Crippen MR) is 70.9 cm³/mol. The fraction of sp³-hybridized carbons (Fsp3) is 0.231. The minimum absolute atomic E-state index is 0.137. The van der Waals surface area contributed by atoms with Gasteiger partial charge in [0.2, 0.25) is 0 Å². The first-order chi connectivity index (χ1) is 8.16. The summed E-state index contributed by atoms with van der Waals surface area (Å²) in [5.41, 5.74) is 3.54. The second-order valence-electron chi connectivity index (χ2n) is 4.01. The molecule has 0 amide bonds. The average Bonchev–Trinajstić information content (AvgIpc) is 2.82. The van der Waals surface area contributed by atoms with Crippen molar-refractivity contribution in [1.82, 2.24) is 4.98 Å². The third-order valence-corrected chi connectivity index (χ3v) is 3.28. The largest absolute Gasteiger partial charge is 0.378 e. The number of rotatable bonds is 4. The molecule has 0 fully saturated rings. The monoisotopic (exact) mass is 246 g/mol. The van der Waals surface area contributed by atoms with Crippen LogP contribution < -0.4 is 4.90 Å². The standard InChI is InChI=1S/C13H14N2OS/c1-15(2)11-5-3-4-10(6-11)13(16)7-12-8-14-9-17-12/h3-6,8-9H,7H2,1-2H3. The molecule has 88 valence electrons. The Morgan fingerprint density at radius 1 is 1.41 bits per heavy atom. The van der Waals surface area contributed by atoms with Crippen molar-refractivity contribution in [2.24, 2.45) is 0 Å². The molecule has 0 bridgehead atoms. The van der Waals surface area contributed by atoms with Crippen molar-refractivity contribution in [3.05, 3.63) is 46.4 Å². The second kappa shape index (κ2) is 5.10. The zero-order valence-electron chi connectivity index (χ0n) is 9.88. The van der Waals surface area contributed by atoms with E-state index in [2.05, 4.69) is 4.98 Å². The van der Waals surface area contributed by atoms with Gasteiger partial charge in [0.1, 0.15) is 0 Å². The van der Waals surface area contributed by atoms with E-state index < -0.39 is 0 Å². The molecule has 1 aromatic heterocycles. The lowest BCUT2D eigenvalue weighted by atomic mass is 10.1. The number of hydrogen-bond acceptors (Lipinski definition) is 4. The predicted octanol–water partition coefficient (Wildman–Crippen LogP) is 2.63. The van der Waals surface area contributed by atoms with Gasteiger partial charge in [-0.3, -0.25) is 9.78 Å². The highest BCUT2D eigenvalue weighted by Crippen LogP contribution is 2.16. The van der Waals surface area contributed by atoms with Gasteiger partial charge in [-0.25, -0.2) is 0 Å². The number of benzene rings is 1. The minimum atomic E-state index is 0.137. The Labute approximate surface area is 105 Å². The summed E-state index contributed by atoms with van der Waals surface area (Å²) in [6.07, 6.45) is 2.18. The lowest BCUT2D eigenvalue weighted by Gasteiger charge is -2.12. The van der Waals surface area contributed by atoms with Crippen molar-refractivity contribution in [2.75, 3.05) is 19.0 Å². The summed E-state index contributed by atoms with van der Waals surface area (Å²) in [6.45, 7) is 0. The Hall–Kier alpha value is -1.68. The van der Waals surface area contributed by atoms with Gasteiger partial charge in [-0.1, -0.05) is 12.1 Å². The third kappa shape index (κ3) is 2.91. The Bertz CT molecular complexity index is 506. The van der Waals surface area contributed by atoms with E-state index in [9.17, 15) is 4.79 Å². The molecular formula is C13H14N2OS. The van der Waals surface area contributed by atoms with E-state index in [1.54, 1.807) is 11.7 Å². The molecule has 0 unspecified atom stereocenters. The first kappa shape index (κ1) is 11.8. The molecule has 0 aliphatic heterocycles. The summed E-state index contributed by atoms with van der Waals surface area (Å²) in [7, 11) is 3.93. The molecule has 17 heavy (non-hydrogen) atoms. The number of ketones is 1. The maximum absolute atomic E-state index is 12.0. The van der Waals surface area contributed by atoms with Crippen molar-refractivity contribution in [3.8, 4) is 0 Å². The van der Waals surface area contributed by atoms with Crippen LogP contribution in [0.5, 0.6) is 0 Å². The van der Waals surface area contributed by atoms with Gasteiger partial charge in [0.25, 0.3) is 0 Å². The van der Waals surface area contributed by atoms with Gasteiger partial charge in [0, 0.05) is 42.8 Å². The van der Waals surface area contributed by atoms with Crippen molar-refractivity contribution >= 4 is 22.8 Å². The van der Waals surface area contributed by atoms with Crippen LogP contribution in [0.25, 0.3) is 0 Å². The zero-order chi connectivity index (χ0) is 12.3. The van der Waals surface area contributed by atoms with E-state index in [1.807, 2.05) is 43.3 Å². The van der Waals surface area contributed by atoms with Crippen LogP contribution in [-0.2, 0) is 6.42 Å². The topological polar surface area (TPSA) is 33.2 Å². The van der Waals surface area contributed by atoms with Gasteiger partial charge >= 0.3 is 0 Å². The Kier molecular flexibility index (Phi) is 3.54. The molecule has 0 saturated carbocycles. The average molecular weight is 246 g/mol. The van der Waals surface area contributed by atoms with Gasteiger partial charge in [-0.2, -0.15) is 0 Å². The van der Waals surface area contributed by atoms with E-state index in [0.717, 1.165) is 16.1 Å². The van der Waals surface area contributed by atoms with Crippen LogP contribution in [0.4, 0.5) is 5.69 Å². The first-order valence-corrected chi connectivity index (χ1v) is 6.23. The molecule has 0 aliphatic carbocycles. The molecule has 2 rings (SSSR count). The van der Waals surface area contributed by atoms with Gasteiger partial charge in [-0.05, 0) is 12.1 Å². The van der Waals surface area contributed by atoms with Crippen LogP contribution in [-0.4, -0.2) is 24.9 Å². The molecule has 4 heteroatoms. The SMILES string of the molecule is CN(C)c1cccc(C(=O)Cc2cncs2)c1. The van der Waals surface area contributed by atoms with E-state index in [4.69, 9.17) is 0 Å². The molecule has 1 heterocycles. The molecule has 3 nitrogen and oxygen atoms in total. The van der Waals surface area contributed by atoms with Crippen LogP contribution in [0.2, 0.25) is 0 Å². The number of aromatic nitrogens is 1. The van der Waals surface area contributed by atoms with Crippen LogP contribution in [0.1, 0.15) is 15.2 Å². The molecule has 1 aromatic carbocycles. The van der Waals surface area contributed by atoms with Gasteiger partial charge in [0.15, 0.2) is 5.78 Å².